The van der Waals surface area contributed by atoms with Crippen molar-refractivity contribution in [2.24, 2.45) is 5.73 Å². The largest absolute Gasteiger partial charge is 0.487 e. The molecule has 11 heteroatoms. The number of aromatic nitrogens is 1. The van der Waals surface area contributed by atoms with E-state index in [1.807, 2.05) is 30.3 Å². The van der Waals surface area contributed by atoms with Gasteiger partial charge >= 0.3 is 0 Å². The van der Waals surface area contributed by atoms with Crippen molar-refractivity contribution in [3.05, 3.63) is 94.2 Å². The van der Waals surface area contributed by atoms with Crippen LogP contribution in [0.25, 0.3) is 10.9 Å². The van der Waals surface area contributed by atoms with E-state index in [2.05, 4.69) is 27.3 Å². The number of carbonyl (C=O) groups is 1. The van der Waals surface area contributed by atoms with Crippen LogP contribution in [0.1, 0.15) is 36.0 Å². The van der Waals surface area contributed by atoms with Crippen LogP contribution in [0, 0.1) is 22.7 Å². The van der Waals surface area contributed by atoms with Crippen molar-refractivity contribution in [3.8, 4) is 23.6 Å². The van der Waals surface area contributed by atoms with Gasteiger partial charge in [0.15, 0.2) is 0 Å². The van der Waals surface area contributed by atoms with E-state index >= 15 is 0 Å². The van der Waals surface area contributed by atoms with Gasteiger partial charge in [-0.15, -0.1) is 0 Å². The predicted molar refractivity (Wildman–Crippen MR) is 175 cm³/mol. The van der Waals surface area contributed by atoms with E-state index in [0.717, 1.165) is 28.6 Å². The lowest BCUT2D eigenvalue weighted by Gasteiger charge is -2.32. The molecular weight excluding hydrogens is 604 g/mol. The van der Waals surface area contributed by atoms with Gasteiger partial charge in [0.2, 0.25) is 5.91 Å². The van der Waals surface area contributed by atoms with Crippen molar-refractivity contribution in [1.29, 1.82) is 10.5 Å². The van der Waals surface area contributed by atoms with Gasteiger partial charge in [-0.05, 0) is 54.8 Å². The second-order valence-electron chi connectivity index (χ2n) is 11.2. The second kappa shape index (κ2) is 13.8. The van der Waals surface area contributed by atoms with E-state index in [9.17, 15) is 10.1 Å². The fourth-order valence-corrected chi connectivity index (χ4v) is 5.90. The summed E-state index contributed by atoms with van der Waals surface area (Å²) in [5.74, 6) is 0.748. The SMILES string of the molecule is N#Cc1cccc(COc2ccc(Nc3c(C#N)cnc4cc(OC5CCOC5)c(N5CCC(=CC(N)=O)CC5)cc34)cc2Cl)c1. The Morgan fingerprint density at radius 3 is 2.70 bits per heavy atom. The van der Waals surface area contributed by atoms with Gasteiger partial charge in [0.1, 0.15) is 30.3 Å². The average molecular weight is 635 g/mol. The van der Waals surface area contributed by atoms with Gasteiger partial charge < -0.3 is 30.2 Å². The third kappa shape index (κ3) is 7.00. The Bertz CT molecular complexity index is 1900. The zero-order valence-electron chi connectivity index (χ0n) is 25.0. The highest BCUT2D eigenvalue weighted by Crippen LogP contribution is 2.40. The number of nitrogens with two attached hydrogens (primary N) is 1. The fourth-order valence-electron chi connectivity index (χ4n) is 5.67. The monoisotopic (exact) mass is 634 g/mol. The van der Waals surface area contributed by atoms with Crippen molar-refractivity contribution in [2.45, 2.75) is 32.0 Å². The number of hydrogen-bond donors (Lipinski definition) is 2. The fraction of sp³-hybridized carbons (Fsp3) is 0.257. The molecule has 0 radical (unpaired) electrons. The molecule has 232 valence electrons. The molecule has 4 aromatic rings. The maximum Gasteiger partial charge on any atom is 0.241 e. The first-order valence-corrected chi connectivity index (χ1v) is 15.3. The first-order chi connectivity index (χ1) is 22.4. The molecule has 1 aromatic heterocycles. The molecule has 2 saturated heterocycles. The molecule has 0 saturated carbocycles. The van der Waals surface area contributed by atoms with Crippen LogP contribution in [-0.4, -0.2) is 43.3 Å². The first kappa shape index (κ1) is 30.7. The van der Waals surface area contributed by atoms with Gasteiger partial charge in [-0.3, -0.25) is 9.78 Å². The maximum absolute atomic E-state index is 11.4. The Kier molecular flexibility index (Phi) is 9.20. The van der Waals surface area contributed by atoms with Gasteiger partial charge in [-0.25, -0.2) is 0 Å². The zero-order valence-corrected chi connectivity index (χ0v) is 25.7. The molecule has 2 fully saturated rings. The number of benzene rings is 3. The van der Waals surface area contributed by atoms with E-state index in [1.54, 1.807) is 30.5 Å². The standard InChI is InChI=1S/C35H31ClN6O4/c36-29-14-26(4-5-32(29)45-20-24-3-1-2-23(12-24)17-37)41-35-25(18-38)19-40-30-16-33(46-27-8-11-44-21-27)31(15-28(30)35)42-9-6-22(7-10-42)13-34(39)43/h1-5,12-16,19,27H,6-11,20-21H2,(H2,39,43)(H,40,41). The molecular formula is C35H31ClN6O4. The number of amides is 1. The van der Waals surface area contributed by atoms with Crippen LogP contribution in [0.5, 0.6) is 11.5 Å². The van der Waals surface area contributed by atoms with Gasteiger partial charge in [0.05, 0.1) is 52.3 Å². The Morgan fingerprint density at radius 1 is 1.13 bits per heavy atom. The minimum absolute atomic E-state index is 0.0690. The summed E-state index contributed by atoms with van der Waals surface area (Å²) in [5, 5.41) is 23.7. The molecule has 1 atom stereocenters. The Balaban J connectivity index is 1.31. The summed E-state index contributed by atoms with van der Waals surface area (Å²) in [6.07, 6.45) is 5.19. The number of nitrogens with one attached hydrogen (secondary N) is 1. The average Bonchev–Trinajstić information content (AvgIpc) is 3.58. The molecule has 3 heterocycles. The van der Waals surface area contributed by atoms with Crippen molar-refractivity contribution in [1.82, 2.24) is 4.98 Å². The van der Waals surface area contributed by atoms with E-state index in [-0.39, 0.29) is 12.7 Å². The van der Waals surface area contributed by atoms with Gasteiger partial charge in [-0.2, -0.15) is 10.5 Å². The number of piperidine rings is 1. The number of rotatable bonds is 9. The highest BCUT2D eigenvalue weighted by atomic mass is 35.5. The number of halogens is 1. The summed E-state index contributed by atoms with van der Waals surface area (Å²) in [7, 11) is 0. The molecule has 6 rings (SSSR count). The van der Waals surface area contributed by atoms with Crippen LogP contribution in [0.15, 0.2) is 72.4 Å². The highest BCUT2D eigenvalue weighted by Gasteiger charge is 2.25. The third-order valence-corrected chi connectivity index (χ3v) is 8.29. The van der Waals surface area contributed by atoms with Crippen LogP contribution in [0.2, 0.25) is 5.02 Å². The van der Waals surface area contributed by atoms with Crippen LogP contribution in [-0.2, 0) is 16.1 Å². The lowest BCUT2D eigenvalue weighted by Crippen LogP contribution is -2.32. The highest BCUT2D eigenvalue weighted by molar-refractivity contribution is 6.32. The number of ether oxygens (including phenoxy) is 3. The van der Waals surface area contributed by atoms with Crippen molar-refractivity contribution in [3.63, 3.8) is 0 Å². The second-order valence-corrected chi connectivity index (χ2v) is 11.6. The molecule has 0 bridgehead atoms. The van der Waals surface area contributed by atoms with Crippen LogP contribution >= 0.6 is 11.6 Å². The minimum atomic E-state index is -0.435. The number of anilines is 3. The lowest BCUT2D eigenvalue weighted by atomic mass is 10.0. The molecule has 0 aliphatic carbocycles. The molecule has 2 aliphatic rings. The summed E-state index contributed by atoms with van der Waals surface area (Å²) in [6, 6.07) is 20.9. The quantitative estimate of drug-likeness (QED) is 0.207. The first-order valence-electron chi connectivity index (χ1n) is 14.9. The number of nitrogens with zero attached hydrogens (tertiary/aromatic N) is 4. The Hall–Kier alpha value is -5.29. The van der Waals surface area contributed by atoms with Crippen molar-refractivity contribution < 1.29 is 19.0 Å². The summed E-state index contributed by atoms with van der Waals surface area (Å²) in [6.45, 7) is 2.77. The van der Waals surface area contributed by atoms with Crippen LogP contribution < -0.4 is 25.4 Å². The van der Waals surface area contributed by atoms with Crippen LogP contribution in [0.4, 0.5) is 17.1 Å². The zero-order chi connectivity index (χ0) is 32.0. The smallest absolute Gasteiger partial charge is 0.241 e. The molecule has 0 spiro atoms. The van der Waals surface area contributed by atoms with Crippen molar-refractivity contribution >= 4 is 45.5 Å². The summed E-state index contributed by atoms with van der Waals surface area (Å²) in [4.78, 5) is 18.3. The number of primary amides is 1. The van der Waals surface area contributed by atoms with E-state index in [0.29, 0.717) is 83.7 Å². The molecule has 10 nitrogen and oxygen atoms in total. The Morgan fingerprint density at radius 2 is 1.98 bits per heavy atom. The number of pyridine rings is 1. The number of hydrogen-bond acceptors (Lipinski definition) is 9. The molecule has 1 unspecified atom stereocenters. The number of fused-ring (bicyclic) bond motifs is 1. The summed E-state index contributed by atoms with van der Waals surface area (Å²) in [5.41, 5.74) is 11.0. The lowest BCUT2D eigenvalue weighted by molar-refractivity contribution is -0.113. The molecule has 3 N–H and O–H groups in total. The van der Waals surface area contributed by atoms with Gasteiger partial charge in [-0.1, -0.05) is 29.3 Å². The number of carbonyl (C=O) groups excluding carboxylic acids is 1. The molecule has 46 heavy (non-hydrogen) atoms. The summed E-state index contributed by atoms with van der Waals surface area (Å²) < 4.78 is 17.9. The number of nitriles is 2. The van der Waals surface area contributed by atoms with Crippen molar-refractivity contribution in [2.75, 3.05) is 36.5 Å². The van der Waals surface area contributed by atoms with Gasteiger partial charge in [0.25, 0.3) is 0 Å². The maximum atomic E-state index is 11.4. The van der Waals surface area contributed by atoms with E-state index in [4.69, 9.17) is 36.8 Å². The predicted octanol–water partition coefficient (Wildman–Crippen LogP) is 6.13. The summed E-state index contributed by atoms with van der Waals surface area (Å²) >= 11 is 6.62. The third-order valence-electron chi connectivity index (χ3n) is 8.00. The topological polar surface area (TPSA) is 147 Å². The molecule has 2 aliphatic heterocycles. The minimum Gasteiger partial charge on any atom is -0.487 e. The molecule has 1 amide bonds. The van der Waals surface area contributed by atoms with E-state index < -0.39 is 5.91 Å². The Labute approximate surface area is 271 Å². The molecule has 3 aromatic carbocycles. The van der Waals surface area contributed by atoms with Crippen LogP contribution in [0.3, 0.4) is 0 Å². The van der Waals surface area contributed by atoms with E-state index in [1.165, 1.54) is 6.08 Å². The normalized spacial score (nSPS) is 16.0. The van der Waals surface area contributed by atoms with Gasteiger partial charge in [0, 0.05) is 48.9 Å².